The molecule has 0 saturated carbocycles. The Kier molecular flexibility index (Phi) is 8.59. The highest BCUT2D eigenvalue weighted by Crippen LogP contribution is 2.30. The molecule has 1 heterocycles. The van der Waals surface area contributed by atoms with Crippen molar-refractivity contribution in [1.82, 2.24) is 5.32 Å². The minimum absolute atomic E-state index is 0.287. The number of ether oxygens (including phenoxy) is 5. The number of amides is 1. The number of carbonyl (C=O) groups is 4. The van der Waals surface area contributed by atoms with Gasteiger partial charge in [0.1, 0.15) is 24.5 Å². The molecule has 2 rings (SSSR count). The summed E-state index contributed by atoms with van der Waals surface area (Å²) in [6.45, 7) is 8.36. The second-order valence-corrected chi connectivity index (χ2v) is 7.61. The van der Waals surface area contributed by atoms with E-state index >= 15 is 0 Å². The van der Waals surface area contributed by atoms with Gasteiger partial charge in [-0.05, 0) is 25.5 Å². The first-order valence-corrected chi connectivity index (χ1v) is 10.1. The molecule has 1 aromatic carbocycles. The van der Waals surface area contributed by atoms with Gasteiger partial charge < -0.3 is 29.0 Å². The molecule has 1 amide bonds. The molecular weight excluding hydrogens is 422 g/mol. The van der Waals surface area contributed by atoms with E-state index in [1.165, 1.54) is 27.7 Å². The van der Waals surface area contributed by atoms with E-state index in [1.807, 2.05) is 26.0 Å². The summed E-state index contributed by atoms with van der Waals surface area (Å²) >= 11 is 0. The minimum atomic E-state index is -1.16. The first kappa shape index (κ1) is 25.1. The van der Waals surface area contributed by atoms with E-state index < -0.39 is 54.5 Å². The lowest BCUT2D eigenvalue weighted by Gasteiger charge is -2.44. The van der Waals surface area contributed by atoms with Gasteiger partial charge in [0.2, 0.25) is 12.2 Å². The first-order chi connectivity index (χ1) is 15.0. The number of hydrogen-bond acceptors (Lipinski definition) is 9. The van der Waals surface area contributed by atoms with Crippen LogP contribution in [-0.4, -0.2) is 61.1 Å². The maximum absolute atomic E-state index is 11.9. The molecule has 1 saturated heterocycles. The molecule has 0 aliphatic carbocycles. The van der Waals surface area contributed by atoms with Crippen molar-refractivity contribution in [2.45, 2.75) is 72.2 Å². The van der Waals surface area contributed by atoms with Gasteiger partial charge in [-0.3, -0.25) is 19.2 Å². The molecule has 1 N–H and O–H groups in total. The molecule has 0 radical (unpaired) electrons. The molecule has 10 nitrogen and oxygen atoms in total. The van der Waals surface area contributed by atoms with E-state index in [9.17, 15) is 19.2 Å². The number of hydrogen-bond donors (Lipinski definition) is 1. The van der Waals surface area contributed by atoms with Crippen LogP contribution in [0.5, 0.6) is 5.75 Å². The van der Waals surface area contributed by atoms with Gasteiger partial charge in [-0.25, -0.2) is 0 Å². The van der Waals surface area contributed by atoms with Crippen LogP contribution in [0.1, 0.15) is 38.8 Å². The summed E-state index contributed by atoms with van der Waals surface area (Å²) in [5.41, 5.74) is 1.84. The first-order valence-electron chi connectivity index (χ1n) is 10.1. The molecule has 1 aliphatic rings. The number of aryl methyl sites for hydroxylation is 2. The monoisotopic (exact) mass is 451 g/mol. The second kappa shape index (κ2) is 10.9. The highest BCUT2D eigenvalue weighted by molar-refractivity contribution is 5.73. The van der Waals surface area contributed by atoms with Crippen LogP contribution in [0, 0.1) is 13.8 Å². The molecule has 0 bridgehead atoms. The molecule has 1 aromatic rings. The van der Waals surface area contributed by atoms with Gasteiger partial charge in [-0.1, -0.05) is 17.7 Å². The molecule has 10 heteroatoms. The molecule has 1 fully saturated rings. The number of carbonyl (C=O) groups excluding carboxylic acids is 4. The van der Waals surface area contributed by atoms with E-state index in [4.69, 9.17) is 23.7 Å². The molecule has 0 spiro atoms. The second-order valence-electron chi connectivity index (χ2n) is 7.61. The number of esters is 3. The fourth-order valence-corrected chi connectivity index (χ4v) is 3.45. The van der Waals surface area contributed by atoms with Gasteiger partial charge >= 0.3 is 17.9 Å². The van der Waals surface area contributed by atoms with Crippen molar-refractivity contribution in [1.29, 1.82) is 0 Å². The Hall–Kier alpha value is -3.14. The normalized spacial score (nSPS) is 24.8. The molecule has 32 heavy (non-hydrogen) atoms. The van der Waals surface area contributed by atoms with E-state index in [0.717, 1.165) is 11.1 Å². The Morgan fingerprint density at radius 1 is 0.938 bits per heavy atom. The van der Waals surface area contributed by atoms with Crippen LogP contribution >= 0.6 is 0 Å². The summed E-state index contributed by atoms with van der Waals surface area (Å²) < 4.78 is 27.9. The summed E-state index contributed by atoms with van der Waals surface area (Å²) in [5, 5.41) is 2.66. The van der Waals surface area contributed by atoms with Gasteiger partial charge in [0.15, 0.2) is 12.2 Å². The van der Waals surface area contributed by atoms with Crippen LogP contribution in [0.25, 0.3) is 0 Å². The Morgan fingerprint density at radius 2 is 1.56 bits per heavy atom. The van der Waals surface area contributed by atoms with E-state index in [1.54, 1.807) is 6.07 Å². The topological polar surface area (TPSA) is 126 Å². The summed E-state index contributed by atoms with van der Waals surface area (Å²) in [6.07, 6.45) is -4.48. The lowest BCUT2D eigenvalue weighted by molar-refractivity contribution is -0.257. The van der Waals surface area contributed by atoms with Crippen molar-refractivity contribution in [2.75, 3.05) is 6.61 Å². The molecule has 0 aromatic heterocycles. The number of rotatable bonds is 7. The maximum Gasteiger partial charge on any atom is 0.303 e. The van der Waals surface area contributed by atoms with Gasteiger partial charge in [0.05, 0.1) is 0 Å². The third-order valence-corrected chi connectivity index (χ3v) is 4.64. The van der Waals surface area contributed by atoms with Crippen molar-refractivity contribution < 1.29 is 42.9 Å². The minimum Gasteiger partial charge on any atom is -0.463 e. The van der Waals surface area contributed by atoms with Crippen molar-refractivity contribution in [2.24, 2.45) is 0 Å². The fraction of sp³-hybridized carbons (Fsp3) is 0.545. The van der Waals surface area contributed by atoms with Crippen LogP contribution in [0.4, 0.5) is 0 Å². The van der Waals surface area contributed by atoms with Crippen molar-refractivity contribution in [3.05, 3.63) is 29.3 Å². The summed E-state index contributed by atoms with van der Waals surface area (Å²) in [4.78, 5) is 46.9. The average molecular weight is 451 g/mol. The van der Waals surface area contributed by atoms with Gasteiger partial charge in [-0.15, -0.1) is 0 Å². The molecule has 1 aliphatic heterocycles. The zero-order chi connectivity index (χ0) is 24.0. The highest BCUT2D eigenvalue weighted by atomic mass is 16.7. The maximum atomic E-state index is 11.9. The molecule has 0 unspecified atom stereocenters. The zero-order valence-corrected chi connectivity index (χ0v) is 19.0. The summed E-state index contributed by atoms with van der Waals surface area (Å²) in [7, 11) is 0. The van der Waals surface area contributed by atoms with E-state index in [-0.39, 0.29) is 6.61 Å². The number of benzene rings is 1. The third-order valence-electron chi connectivity index (χ3n) is 4.64. The van der Waals surface area contributed by atoms with Crippen LogP contribution in [0.15, 0.2) is 18.2 Å². The third kappa shape index (κ3) is 6.94. The average Bonchev–Trinajstić information content (AvgIpc) is 2.65. The largest absolute Gasteiger partial charge is 0.463 e. The Balaban J connectivity index is 2.47. The lowest BCUT2D eigenvalue weighted by Crippen LogP contribution is -2.67. The van der Waals surface area contributed by atoms with Crippen molar-refractivity contribution in [3.8, 4) is 5.75 Å². The van der Waals surface area contributed by atoms with E-state index in [0.29, 0.717) is 5.75 Å². The number of nitrogens with one attached hydrogen (secondary N) is 1. The van der Waals surface area contributed by atoms with E-state index in [2.05, 4.69) is 5.32 Å². The van der Waals surface area contributed by atoms with Crippen LogP contribution in [-0.2, 0) is 38.1 Å². The highest BCUT2D eigenvalue weighted by Gasteiger charge is 2.52. The SMILES string of the molecule is CC(=O)N[C@H]1[C@H](Oc2ccc(C)cc2C)O[C@@H](COC(C)=O)[C@@H](OC(C)=O)[C@H]1OC(C)=O. The Labute approximate surface area is 186 Å². The van der Waals surface area contributed by atoms with Crippen LogP contribution < -0.4 is 10.1 Å². The van der Waals surface area contributed by atoms with Crippen LogP contribution in [0.2, 0.25) is 0 Å². The predicted molar refractivity (Wildman–Crippen MR) is 111 cm³/mol. The summed E-state index contributed by atoms with van der Waals surface area (Å²) in [6, 6.07) is 4.49. The summed E-state index contributed by atoms with van der Waals surface area (Å²) in [5.74, 6) is -1.87. The smallest absolute Gasteiger partial charge is 0.303 e. The van der Waals surface area contributed by atoms with Crippen molar-refractivity contribution in [3.63, 3.8) is 0 Å². The quantitative estimate of drug-likeness (QED) is 0.483. The standard InChI is InChI=1S/C22H29NO9/c1-11-7-8-17(12(2)9-11)31-22-19(23-13(3)24)21(30-16(6)27)20(29-15(5)26)18(32-22)10-28-14(4)25/h7-9,18-22H,10H2,1-6H3,(H,23,24)/t18-,19+,20+,21-,22+/m0/s1. The Morgan fingerprint density at radius 3 is 2.09 bits per heavy atom. The molecule has 5 atom stereocenters. The lowest BCUT2D eigenvalue weighted by atomic mass is 9.96. The Bertz CT molecular complexity index is 869. The zero-order valence-electron chi connectivity index (χ0n) is 19.0. The van der Waals surface area contributed by atoms with Gasteiger partial charge in [0, 0.05) is 27.7 Å². The van der Waals surface area contributed by atoms with Gasteiger partial charge in [0.25, 0.3) is 0 Å². The van der Waals surface area contributed by atoms with Crippen molar-refractivity contribution >= 4 is 23.8 Å². The molecule has 176 valence electrons. The molecular formula is C22H29NO9. The van der Waals surface area contributed by atoms with Gasteiger partial charge in [-0.2, -0.15) is 0 Å². The van der Waals surface area contributed by atoms with Crippen LogP contribution in [0.3, 0.4) is 0 Å². The predicted octanol–water partition coefficient (Wildman–Crippen LogP) is 1.34. The fourth-order valence-electron chi connectivity index (χ4n) is 3.45.